The lowest BCUT2D eigenvalue weighted by Crippen LogP contribution is -2.25. The van der Waals surface area contributed by atoms with E-state index in [4.69, 9.17) is 11.6 Å². The molecule has 0 atom stereocenters. The molecule has 1 aromatic heterocycles. The van der Waals surface area contributed by atoms with Crippen LogP contribution in [-0.2, 0) is 0 Å². The largest absolute Gasteiger partial charge is 0.349 e. The number of anilines is 1. The van der Waals surface area contributed by atoms with Gasteiger partial charge in [-0.15, -0.1) is 11.3 Å². The van der Waals surface area contributed by atoms with E-state index in [1.165, 1.54) is 11.3 Å². The monoisotopic (exact) mass is 320 g/mol. The van der Waals surface area contributed by atoms with Gasteiger partial charge in [-0.1, -0.05) is 17.7 Å². The number of thiophene rings is 1. The highest BCUT2D eigenvalue weighted by molar-refractivity contribution is 7.12. The van der Waals surface area contributed by atoms with Crippen LogP contribution in [0.3, 0.4) is 0 Å². The second-order valence-electron chi connectivity index (χ2n) is 4.87. The van der Waals surface area contributed by atoms with E-state index in [-0.39, 0.29) is 17.9 Å². The third-order valence-corrected chi connectivity index (χ3v) is 4.33. The Hall–Kier alpha value is -1.85. The zero-order chi connectivity index (χ0) is 14.8. The number of rotatable bonds is 4. The molecule has 1 heterocycles. The summed E-state index contributed by atoms with van der Waals surface area (Å²) in [6, 6.07) is 8.70. The van der Waals surface area contributed by atoms with Gasteiger partial charge >= 0.3 is 0 Å². The van der Waals surface area contributed by atoms with Crippen molar-refractivity contribution in [1.82, 2.24) is 5.32 Å². The molecule has 21 heavy (non-hydrogen) atoms. The first-order valence-electron chi connectivity index (χ1n) is 6.59. The Labute approximate surface area is 131 Å². The second kappa shape index (κ2) is 5.87. The molecule has 1 aromatic carbocycles. The van der Waals surface area contributed by atoms with Crippen LogP contribution in [0.25, 0.3) is 0 Å². The van der Waals surface area contributed by atoms with Crippen molar-refractivity contribution in [3.05, 3.63) is 51.2 Å². The molecule has 108 valence electrons. The number of carbonyl (C=O) groups excluding carboxylic acids is 2. The van der Waals surface area contributed by atoms with Gasteiger partial charge in [-0.2, -0.15) is 0 Å². The molecule has 4 nitrogen and oxygen atoms in total. The van der Waals surface area contributed by atoms with Gasteiger partial charge in [0.15, 0.2) is 0 Å². The summed E-state index contributed by atoms with van der Waals surface area (Å²) in [6.07, 6.45) is 2.06. The molecule has 1 saturated carbocycles. The molecule has 0 radical (unpaired) electrons. The minimum Gasteiger partial charge on any atom is -0.349 e. The topological polar surface area (TPSA) is 58.2 Å². The van der Waals surface area contributed by atoms with Crippen molar-refractivity contribution in [1.29, 1.82) is 0 Å². The average molecular weight is 321 g/mol. The van der Waals surface area contributed by atoms with Crippen LogP contribution < -0.4 is 10.6 Å². The molecule has 2 N–H and O–H groups in total. The van der Waals surface area contributed by atoms with Gasteiger partial charge in [-0.05, 0) is 42.5 Å². The lowest BCUT2D eigenvalue weighted by molar-refractivity contribution is 0.0949. The van der Waals surface area contributed by atoms with E-state index >= 15 is 0 Å². The Kier molecular flexibility index (Phi) is 3.94. The maximum Gasteiger partial charge on any atom is 0.265 e. The third-order valence-electron chi connectivity index (χ3n) is 3.13. The summed E-state index contributed by atoms with van der Waals surface area (Å²) >= 11 is 7.43. The Balaban J connectivity index is 1.77. The molecule has 2 aromatic rings. The number of nitrogens with one attached hydrogen (secondary N) is 2. The first-order valence-corrected chi connectivity index (χ1v) is 7.84. The molecule has 3 rings (SSSR count). The van der Waals surface area contributed by atoms with Gasteiger partial charge in [0, 0.05) is 11.6 Å². The lowest BCUT2D eigenvalue weighted by Gasteiger charge is -2.09. The summed E-state index contributed by atoms with van der Waals surface area (Å²) in [5, 5.41) is 7.88. The molecule has 1 aliphatic rings. The molecule has 0 saturated heterocycles. The number of benzene rings is 1. The summed E-state index contributed by atoms with van der Waals surface area (Å²) < 4.78 is 0. The van der Waals surface area contributed by atoms with E-state index in [1.54, 1.807) is 30.3 Å². The van der Waals surface area contributed by atoms with Crippen LogP contribution in [0.5, 0.6) is 0 Å². The quantitative estimate of drug-likeness (QED) is 0.905. The predicted molar refractivity (Wildman–Crippen MR) is 84.2 cm³/mol. The van der Waals surface area contributed by atoms with E-state index in [0.29, 0.717) is 21.2 Å². The summed E-state index contributed by atoms with van der Waals surface area (Å²) in [5.41, 5.74) is 0.936. The fourth-order valence-corrected chi connectivity index (χ4v) is 2.63. The van der Waals surface area contributed by atoms with Crippen LogP contribution >= 0.6 is 22.9 Å². The predicted octanol–water partition coefficient (Wildman–Crippen LogP) is 3.55. The molecule has 0 unspecified atom stereocenters. The number of hydrogen-bond donors (Lipinski definition) is 2. The maximum atomic E-state index is 12.0. The Bertz CT molecular complexity index is 681. The van der Waals surface area contributed by atoms with Crippen molar-refractivity contribution >= 4 is 40.4 Å². The van der Waals surface area contributed by atoms with Crippen LogP contribution in [0, 0.1) is 0 Å². The number of amides is 2. The van der Waals surface area contributed by atoms with Crippen LogP contribution in [0.4, 0.5) is 5.69 Å². The number of carbonyl (C=O) groups is 2. The van der Waals surface area contributed by atoms with Gasteiger partial charge in [-0.25, -0.2) is 0 Å². The first kappa shape index (κ1) is 14.1. The molecule has 1 fully saturated rings. The van der Waals surface area contributed by atoms with Gasteiger partial charge in [0.2, 0.25) is 0 Å². The highest BCUT2D eigenvalue weighted by atomic mass is 35.5. The van der Waals surface area contributed by atoms with E-state index in [2.05, 4.69) is 10.6 Å². The standard InChI is InChI=1S/C15H13ClN2O2S/c16-11-6-3-9(14(19)17-10-4-5-10)8-12(11)18-15(20)13-2-1-7-21-13/h1-3,6-8,10H,4-5H2,(H,17,19)(H,18,20). The highest BCUT2D eigenvalue weighted by Crippen LogP contribution is 2.25. The van der Waals surface area contributed by atoms with Gasteiger partial charge in [-0.3, -0.25) is 9.59 Å². The Morgan fingerprint density at radius 2 is 2.00 bits per heavy atom. The highest BCUT2D eigenvalue weighted by Gasteiger charge is 2.24. The molecule has 2 amide bonds. The van der Waals surface area contributed by atoms with Crippen molar-refractivity contribution in [2.75, 3.05) is 5.32 Å². The van der Waals surface area contributed by atoms with Crippen molar-refractivity contribution < 1.29 is 9.59 Å². The molecular formula is C15H13ClN2O2S. The van der Waals surface area contributed by atoms with Crippen molar-refractivity contribution in [3.63, 3.8) is 0 Å². The zero-order valence-electron chi connectivity index (χ0n) is 11.1. The van der Waals surface area contributed by atoms with Crippen LogP contribution in [0.15, 0.2) is 35.7 Å². The van der Waals surface area contributed by atoms with Crippen LogP contribution in [-0.4, -0.2) is 17.9 Å². The average Bonchev–Trinajstić information content (AvgIpc) is 3.10. The lowest BCUT2D eigenvalue weighted by atomic mass is 10.2. The fraction of sp³-hybridized carbons (Fsp3) is 0.200. The minimum absolute atomic E-state index is 0.138. The third kappa shape index (κ3) is 3.43. The summed E-state index contributed by atoms with van der Waals surface area (Å²) in [4.78, 5) is 24.6. The normalized spacial score (nSPS) is 13.8. The molecular weight excluding hydrogens is 308 g/mol. The fourth-order valence-electron chi connectivity index (χ4n) is 1.85. The van der Waals surface area contributed by atoms with E-state index in [1.807, 2.05) is 5.38 Å². The smallest absolute Gasteiger partial charge is 0.265 e. The van der Waals surface area contributed by atoms with Gasteiger partial charge in [0.05, 0.1) is 15.6 Å². The Morgan fingerprint density at radius 3 is 2.67 bits per heavy atom. The minimum atomic E-state index is -0.230. The van der Waals surface area contributed by atoms with Crippen LogP contribution in [0.2, 0.25) is 5.02 Å². The summed E-state index contributed by atoms with van der Waals surface area (Å²) in [7, 11) is 0. The summed E-state index contributed by atoms with van der Waals surface area (Å²) in [6.45, 7) is 0. The second-order valence-corrected chi connectivity index (χ2v) is 6.23. The molecule has 1 aliphatic carbocycles. The van der Waals surface area contributed by atoms with Crippen molar-refractivity contribution in [2.45, 2.75) is 18.9 Å². The van der Waals surface area contributed by atoms with Crippen molar-refractivity contribution in [3.8, 4) is 0 Å². The first-order chi connectivity index (χ1) is 10.1. The molecule has 0 aliphatic heterocycles. The van der Waals surface area contributed by atoms with E-state index < -0.39 is 0 Å². The van der Waals surface area contributed by atoms with Crippen LogP contribution in [0.1, 0.15) is 32.9 Å². The van der Waals surface area contributed by atoms with E-state index in [9.17, 15) is 9.59 Å². The molecule has 0 spiro atoms. The summed E-state index contributed by atoms with van der Waals surface area (Å²) in [5.74, 6) is -0.368. The number of hydrogen-bond acceptors (Lipinski definition) is 3. The van der Waals surface area contributed by atoms with E-state index in [0.717, 1.165) is 12.8 Å². The van der Waals surface area contributed by atoms with Gasteiger partial charge in [0.1, 0.15) is 0 Å². The number of halogens is 1. The van der Waals surface area contributed by atoms with Gasteiger partial charge < -0.3 is 10.6 Å². The SMILES string of the molecule is O=C(NC1CC1)c1ccc(Cl)c(NC(=O)c2cccs2)c1. The van der Waals surface area contributed by atoms with Crippen molar-refractivity contribution in [2.24, 2.45) is 0 Å². The maximum absolute atomic E-state index is 12.0. The molecule has 0 bridgehead atoms. The van der Waals surface area contributed by atoms with Gasteiger partial charge in [0.25, 0.3) is 11.8 Å². The molecule has 6 heteroatoms. The zero-order valence-corrected chi connectivity index (χ0v) is 12.6. The Morgan fingerprint density at radius 1 is 1.19 bits per heavy atom.